The van der Waals surface area contributed by atoms with Gasteiger partial charge in [-0.15, -0.1) is 0 Å². The zero-order chi connectivity index (χ0) is 16.6. The first-order valence-corrected chi connectivity index (χ1v) is 8.86. The highest BCUT2D eigenvalue weighted by atomic mass is 32.2. The average molecular weight is 332 g/mol. The standard InChI is InChI=1S/C17H17FN2O2S/c1-11-8-15(12-2-5-14(18)6-3-12)16(9-11)13-4-7-17(20-10-13)23(19,21)22/h2-7,10-11H,8-9H2,1H3,(H2,19,21,22). The van der Waals surface area contributed by atoms with Crippen molar-refractivity contribution in [1.29, 1.82) is 0 Å². The number of hydrogen-bond donors (Lipinski definition) is 1. The summed E-state index contributed by atoms with van der Waals surface area (Å²) in [7, 11) is -3.79. The molecule has 2 N–H and O–H groups in total. The van der Waals surface area contributed by atoms with Crippen molar-refractivity contribution in [2.24, 2.45) is 11.1 Å². The second-order valence-corrected chi connectivity index (χ2v) is 7.42. The SMILES string of the molecule is CC1CC(c2ccc(F)cc2)=C(c2ccc(S(N)(=O)=O)nc2)C1. The van der Waals surface area contributed by atoms with E-state index >= 15 is 0 Å². The van der Waals surface area contributed by atoms with Gasteiger partial charge in [0.05, 0.1) is 0 Å². The molecule has 6 heteroatoms. The quantitative estimate of drug-likeness (QED) is 0.938. The number of aromatic nitrogens is 1. The molecule has 0 fully saturated rings. The molecule has 1 heterocycles. The van der Waals surface area contributed by atoms with Gasteiger partial charge in [-0.25, -0.2) is 22.9 Å². The Labute approximate surface area is 134 Å². The van der Waals surface area contributed by atoms with E-state index in [2.05, 4.69) is 11.9 Å². The van der Waals surface area contributed by atoms with E-state index in [4.69, 9.17) is 5.14 Å². The van der Waals surface area contributed by atoms with Crippen LogP contribution in [-0.2, 0) is 10.0 Å². The molecule has 3 rings (SSSR count). The third kappa shape index (κ3) is 3.33. The van der Waals surface area contributed by atoms with Crippen molar-refractivity contribution in [3.8, 4) is 0 Å². The number of nitrogens with zero attached hydrogens (tertiary/aromatic N) is 1. The van der Waals surface area contributed by atoms with Crippen LogP contribution in [0.25, 0.3) is 11.1 Å². The molecule has 0 saturated carbocycles. The first kappa shape index (κ1) is 15.8. The van der Waals surface area contributed by atoms with Crippen LogP contribution in [0.15, 0.2) is 47.6 Å². The molecule has 1 aliphatic carbocycles. The van der Waals surface area contributed by atoms with E-state index in [1.54, 1.807) is 18.2 Å². The van der Waals surface area contributed by atoms with Crippen LogP contribution >= 0.6 is 0 Å². The molecule has 23 heavy (non-hydrogen) atoms. The molecule has 120 valence electrons. The molecule has 0 aliphatic heterocycles. The van der Waals surface area contributed by atoms with Crippen molar-refractivity contribution < 1.29 is 12.8 Å². The summed E-state index contributed by atoms with van der Waals surface area (Å²) in [4.78, 5) is 3.95. The minimum Gasteiger partial charge on any atom is -0.243 e. The van der Waals surface area contributed by atoms with Crippen molar-refractivity contribution in [2.45, 2.75) is 24.8 Å². The predicted molar refractivity (Wildman–Crippen MR) is 87.2 cm³/mol. The van der Waals surface area contributed by atoms with E-state index in [0.29, 0.717) is 5.92 Å². The van der Waals surface area contributed by atoms with Gasteiger partial charge in [0.1, 0.15) is 5.82 Å². The van der Waals surface area contributed by atoms with Crippen molar-refractivity contribution in [2.75, 3.05) is 0 Å². The van der Waals surface area contributed by atoms with Crippen LogP contribution in [0.4, 0.5) is 4.39 Å². The van der Waals surface area contributed by atoms with Crippen LogP contribution in [0, 0.1) is 11.7 Å². The largest absolute Gasteiger partial charge is 0.255 e. The fourth-order valence-corrected chi connectivity index (χ4v) is 3.44. The number of primary sulfonamides is 1. The Balaban J connectivity index is 2.04. The second kappa shape index (κ2) is 5.86. The zero-order valence-corrected chi connectivity index (χ0v) is 13.5. The summed E-state index contributed by atoms with van der Waals surface area (Å²) in [5.74, 6) is 0.212. The lowest BCUT2D eigenvalue weighted by Gasteiger charge is -2.08. The van der Waals surface area contributed by atoms with Crippen LogP contribution in [0.3, 0.4) is 0 Å². The zero-order valence-electron chi connectivity index (χ0n) is 12.7. The Hall–Kier alpha value is -2.05. The molecule has 1 atom stereocenters. The highest BCUT2D eigenvalue weighted by molar-refractivity contribution is 7.89. The Morgan fingerprint density at radius 2 is 1.61 bits per heavy atom. The van der Waals surface area contributed by atoms with Gasteiger partial charge in [0.15, 0.2) is 5.03 Å². The third-order valence-electron chi connectivity index (χ3n) is 4.04. The Morgan fingerprint density at radius 1 is 1.04 bits per heavy atom. The van der Waals surface area contributed by atoms with Crippen LogP contribution in [0.5, 0.6) is 0 Å². The Kier molecular flexibility index (Phi) is 4.04. The van der Waals surface area contributed by atoms with Gasteiger partial charge in [0, 0.05) is 6.20 Å². The first-order valence-electron chi connectivity index (χ1n) is 7.32. The van der Waals surface area contributed by atoms with Crippen LogP contribution in [0.2, 0.25) is 0 Å². The third-order valence-corrected chi connectivity index (χ3v) is 4.86. The lowest BCUT2D eigenvalue weighted by Crippen LogP contribution is -2.13. The molecule has 1 aliphatic rings. The molecule has 0 radical (unpaired) electrons. The van der Waals surface area contributed by atoms with Crippen molar-refractivity contribution >= 4 is 21.2 Å². The van der Waals surface area contributed by atoms with Gasteiger partial charge in [-0.2, -0.15) is 0 Å². The molecule has 2 aromatic rings. The highest BCUT2D eigenvalue weighted by Gasteiger charge is 2.23. The molecule has 0 amide bonds. The van der Waals surface area contributed by atoms with Gasteiger partial charge >= 0.3 is 0 Å². The van der Waals surface area contributed by atoms with E-state index in [-0.39, 0.29) is 10.8 Å². The summed E-state index contributed by atoms with van der Waals surface area (Å²) in [5.41, 5.74) is 4.14. The molecule has 0 saturated heterocycles. The summed E-state index contributed by atoms with van der Waals surface area (Å²) in [5, 5.41) is 4.93. The van der Waals surface area contributed by atoms with Gasteiger partial charge in [-0.3, -0.25) is 0 Å². The van der Waals surface area contributed by atoms with E-state index in [0.717, 1.165) is 35.1 Å². The minimum absolute atomic E-state index is 0.142. The number of halogens is 1. The highest BCUT2D eigenvalue weighted by Crippen LogP contribution is 2.42. The van der Waals surface area contributed by atoms with Crippen molar-refractivity contribution in [1.82, 2.24) is 4.98 Å². The van der Waals surface area contributed by atoms with Crippen LogP contribution in [0.1, 0.15) is 30.9 Å². The topological polar surface area (TPSA) is 73.1 Å². The minimum atomic E-state index is -3.79. The maximum atomic E-state index is 13.1. The van der Waals surface area contributed by atoms with Crippen LogP contribution < -0.4 is 5.14 Å². The van der Waals surface area contributed by atoms with Crippen molar-refractivity contribution in [3.63, 3.8) is 0 Å². The molecular weight excluding hydrogens is 315 g/mol. The smallest absolute Gasteiger partial charge is 0.243 e. The summed E-state index contributed by atoms with van der Waals surface area (Å²) in [6.45, 7) is 2.16. The van der Waals surface area contributed by atoms with Gasteiger partial charge in [-0.05, 0) is 59.2 Å². The number of rotatable bonds is 3. The molecule has 1 unspecified atom stereocenters. The van der Waals surface area contributed by atoms with Crippen molar-refractivity contribution in [3.05, 3.63) is 59.5 Å². The monoisotopic (exact) mass is 332 g/mol. The molecular formula is C17H17FN2O2S. The van der Waals surface area contributed by atoms with Gasteiger partial charge in [-0.1, -0.05) is 25.1 Å². The summed E-state index contributed by atoms with van der Waals surface area (Å²) in [6.07, 6.45) is 3.32. The van der Waals surface area contributed by atoms with E-state index < -0.39 is 10.0 Å². The fourth-order valence-electron chi connectivity index (χ4n) is 2.98. The number of allylic oxidation sites excluding steroid dienone is 2. The number of pyridine rings is 1. The van der Waals surface area contributed by atoms with Gasteiger partial charge in [0.25, 0.3) is 10.0 Å². The average Bonchev–Trinajstić information content (AvgIpc) is 2.89. The van der Waals surface area contributed by atoms with Gasteiger partial charge in [0.2, 0.25) is 0 Å². The first-order chi connectivity index (χ1) is 10.8. The molecule has 0 bridgehead atoms. The van der Waals surface area contributed by atoms with Crippen LogP contribution in [-0.4, -0.2) is 13.4 Å². The summed E-state index contributed by atoms with van der Waals surface area (Å²) < 4.78 is 35.7. The Morgan fingerprint density at radius 3 is 2.13 bits per heavy atom. The number of hydrogen-bond acceptors (Lipinski definition) is 3. The second-order valence-electron chi connectivity index (χ2n) is 5.91. The number of nitrogens with two attached hydrogens (primary N) is 1. The molecule has 1 aromatic heterocycles. The van der Waals surface area contributed by atoms with E-state index in [1.165, 1.54) is 24.4 Å². The van der Waals surface area contributed by atoms with Gasteiger partial charge < -0.3 is 0 Å². The lowest BCUT2D eigenvalue weighted by molar-refractivity contribution is 0.594. The molecule has 0 spiro atoms. The summed E-state index contributed by atoms with van der Waals surface area (Å²) >= 11 is 0. The van der Waals surface area contributed by atoms with E-state index in [9.17, 15) is 12.8 Å². The Bertz CT molecular complexity index is 856. The number of benzene rings is 1. The maximum absolute atomic E-state index is 13.1. The maximum Gasteiger partial charge on any atom is 0.255 e. The molecule has 4 nitrogen and oxygen atoms in total. The van der Waals surface area contributed by atoms with E-state index in [1.807, 2.05) is 0 Å². The lowest BCUT2D eigenvalue weighted by atomic mass is 9.98. The summed E-state index contributed by atoms with van der Waals surface area (Å²) in [6, 6.07) is 9.59. The predicted octanol–water partition coefficient (Wildman–Crippen LogP) is 3.21. The fraction of sp³-hybridized carbons (Fsp3) is 0.235. The number of sulfonamides is 1. The normalized spacial score (nSPS) is 18.5. The molecule has 1 aromatic carbocycles.